The summed E-state index contributed by atoms with van der Waals surface area (Å²) in [6, 6.07) is 10.9. The predicted molar refractivity (Wildman–Crippen MR) is 117 cm³/mol. The first-order chi connectivity index (χ1) is 14.5. The van der Waals surface area contributed by atoms with Crippen LogP contribution in [0.1, 0.15) is 51.3 Å². The Morgan fingerprint density at radius 1 is 1.03 bits per heavy atom. The molecule has 6 nitrogen and oxygen atoms in total. The van der Waals surface area contributed by atoms with Gasteiger partial charge in [0.2, 0.25) is 5.91 Å². The summed E-state index contributed by atoms with van der Waals surface area (Å²) in [7, 11) is 0. The van der Waals surface area contributed by atoms with Crippen molar-refractivity contribution in [2.45, 2.75) is 44.7 Å². The van der Waals surface area contributed by atoms with Crippen LogP contribution in [0.2, 0.25) is 0 Å². The number of amides is 3. The zero-order chi connectivity index (χ0) is 21.1. The minimum absolute atomic E-state index is 0.00901. The van der Waals surface area contributed by atoms with E-state index in [0.717, 1.165) is 18.4 Å². The maximum atomic E-state index is 12.9. The van der Waals surface area contributed by atoms with Crippen LogP contribution in [0.5, 0.6) is 0 Å². The Morgan fingerprint density at radius 3 is 2.33 bits per heavy atom. The first kappa shape index (κ1) is 20.6. The van der Waals surface area contributed by atoms with Gasteiger partial charge in [-0.1, -0.05) is 23.8 Å². The number of nitrogens with zero attached hydrogens (tertiary/aromatic N) is 1. The minimum Gasteiger partial charge on any atom is -0.352 e. The van der Waals surface area contributed by atoms with E-state index in [1.165, 1.54) is 11.3 Å². The van der Waals surface area contributed by atoms with Crippen molar-refractivity contribution in [2.24, 2.45) is 5.92 Å². The first-order valence-electron chi connectivity index (χ1n) is 10.5. The van der Waals surface area contributed by atoms with Crippen LogP contribution in [-0.4, -0.2) is 47.8 Å². The second-order valence-corrected chi connectivity index (χ2v) is 9.15. The molecule has 3 amide bonds. The predicted octanol–water partition coefficient (Wildman–Crippen LogP) is 2.99. The molecule has 1 saturated carbocycles. The van der Waals surface area contributed by atoms with Crippen LogP contribution in [0.3, 0.4) is 0 Å². The third kappa shape index (κ3) is 4.90. The molecule has 2 fully saturated rings. The maximum absolute atomic E-state index is 12.9. The summed E-state index contributed by atoms with van der Waals surface area (Å²) < 4.78 is 0. The molecule has 1 aromatic heterocycles. The monoisotopic (exact) mass is 425 g/mol. The molecule has 30 heavy (non-hydrogen) atoms. The van der Waals surface area contributed by atoms with Crippen molar-refractivity contribution in [1.29, 1.82) is 0 Å². The van der Waals surface area contributed by atoms with Crippen LogP contribution in [0.25, 0.3) is 0 Å². The van der Waals surface area contributed by atoms with E-state index in [4.69, 9.17) is 0 Å². The SMILES string of the molecule is Cc1ccc(C(=O)N2CCC([C@H](NC(=O)c3cccs3)C(=O)NC3CC3)CC2)cc1. The Hall–Kier alpha value is -2.67. The lowest BCUT2D eigenvalue weighted by Crippen LogP contribution is -2.54. The molecular formula is C23H27N3O3S. The Morgan fingerprint density at radius 2 is 1.73 bits per heavy atom. The van der Waals surface area contributed by atoms with Crippen LogP contribution in [0, 0.1) is 12.8 Å². The van der Waals surface area contributed by atoms with E-state index in [1.807, 2.05) is 47.5 Å². The molecule has 1 aliphatic heterocycles. The van der Waals surface area contributed by atoms with E-state index in [-0.39, 0.29) is 29.7 Å². The molecule has 1 aromatic carbocycles. The summed E-state index contributed by atoms with van der Waals surface area (Å²) in [6.45, 7) is 3.16. The van der Waals surface area contributed by atoms with E-state index in [1.54, 1.807) is 6.07 Å². The van der Waals surface area contributed by atoms with Gasteiger partial charge >= 0.3 is 0 Å². The van der Waals surface area contributed by atoms with Crippen molar-refractivity contribution >= 4 is 29.1 Å². The molecule has 2 aliphatic rings. The average molecular weight is 426 g/mol. The summed E-state index contributed by atoms with van der Waals surface area (Å²) >= 11 is 1.36. The van der Waals surface area contributed by atoms with Gasteiger partial charge in [-0.3, -0.25) is 14.4 Å². The van der Waals surface area contributed by atoms with E-state index in [0.29, 0.717) is 36.4 Å². The van der Waals surface area contributed by atoms with Gasteiger partial charge in [-0.25, -0.2) is 0 Å². The molecule has 0 bridgehead atoms. The third-order valence-electron chi connectivity index (χ3n) is 5.83. The molecule has 1 saturated heterocycles. The highest BCUT2D eigenvalue weighted by atomic mass is 32.1. The van der Waals surface area contributed by atoms with Crippen molar-refractivity contribution in [1.82, 2.24) is 15.5 Å². The van der Waals surface area contributed by atoms with Crippen molar-refractivity contribution in [2.75, 3.05) is 13.1 Å². The second kappa shape index (κ2) is 9.00. The fourth-order valence-corrected chi connectivity index (χ4v) is 4.48. The number of piperidine rings is 1. The zero-order valence-corrected chi connectivity index (χ0v) is 17.9. The molecule has 7 heteroatoms. The molecule has 0 radical (unpaired) electrons. The number of carbonyl (C=O) groups is 3. The number of carbonyl (C=O) groups excluding carboxylic acids is 3. The zero-order valence-electron chi connectivity index (χ0n) is 17.1. The molecule has 1 atom stereocenters. The number of likely N-dealkylation sites (tertiary alicyclic amines) is 1. The summed E-state index contributed by atoms with van der Waals surface area (Å²) in [5.74, 6) is -0.283. The standard InChI is InChI=1S/C23H27N3O3S/c1-15-4-6-17(7-5-15)23(29)26-12-10-16(11-13-26)20(22(28)24-18-8-9-18)25-21(27)19-3-2-14-30-19/h2-7,14,16,18,20H,8-13H2,1H3,(H,24,28)(H,25,27)/t20-/m0/s1. The lowest BCUT2D eigenvalue weighted by Gasteiger charge is -2.35. The van der Waals surface area contributed by atoms with Crippen molar-refractivity contribution in [3.63, 3.8) is 0 Å². The van der Waals surface area contributed by atoms with Crippen LogP contribution < -0.4 is 10.6 Å². The van der Waals surface area contributed by atoms with Crippen LogP contribution in [0.4, 0.5) is 0 Å². The number of benzene rings is 1. The largest absolute Gasteiger partial charge is 0.352 e. The van der Waals surface area contributed by atoms with Crippen molar-refractivity contribution in [3.8, 4) is 0 Å². The molecular weight excluding hydrogens is 398 g/mol. The molecule has 2 heterocycles. The number of nitrogens with one attached hydrogen (secondary N) is 2. The Kier molecular flexibility index (Phi) is 6.18. The molecule has 2 aromatic rings. The van der Waals surface area contributed by atoms with E-state index >= 15 is 0 Å². The number of rotatable bonds is 6. The average Bonchev–Trinajstić information content (AvgIpc) is 3.39. The third-order valence-corrected chi connectivity index (χ3v) is 6.70. The molecule has 158 valence electrons. The highest BCUT2D eigenvalue weighted by Gasteiger charge is 2.36. The molecule has 0 unspecified atom stereocenters. The van der Waals surface area contributed by atoms with Gasteiger partial charge in [0.05, 0.1) is 4.88 Å². The smallest absolute Gasteiger partial charge is 0.262 e. The van der Waals surface area contributed by atoms with Gasteiger partial charge in [0.25, 0.3) is 11.8 Å². The highest BCUT2D eigenvalue weighted by molar-refractivity contribution is 7.12. The fraction of sp³-hybridized carbons (Fsp3) is 0.435. The van der Waals surface area contributed by atoms with Crippen LogP contribution >= 0.6 is 11.3 Å². The normalized spacial score (nSPS) is 18.0. The topological polar surface area (TPSA) is 78.5 Å². The van der Waals surface area contributed by atoms with Gasteiger partial charge in [0.15, 0.2) is 0 Å². The Bertz CT molecular complexity index is 898. The van der Waals surface area contributed by atoms with E-state index in [2.05, 4.69) is 10.6 Å². The van der Waals surface area contributed by atoms with Crippen molar-refractivity contribution in [3.05, 3.63) is 57.8 Å². The summed E-state index contributed by atoms with van der Waals surface area (Å²) in [5, 5.41) is 7.85. The number of aryl methyl sites for hydroxylation is 1. The van der Waals surface area contributed by atoms with Crippen LogP contribution in [0.15, 0.2) is 41.8 Å². The van der Waals surface area contributed by atoms with Gasteiger partial charge in [-0.2, -0.15) is 0 Å². The second-order valence-electron chi connectivity index (χ2n) is 8.21. The van der Waals surface area contributed by atoms with Crippen molar-refractivity contribution < 1.29 is 14.4 Å². The van der Waals surface area contributed by atoms with Crippen LogP contribution in [-0.2, 0) is 4.79 Å². The molecule has 1 aliphatic carbocycles. The van der Waals surface area contributed by atoms with Gasteiger partial charge < -0.3 is 15.5 Å². The number of thiophene rings is 1. The summed E-state index contributed by atoms with van der Waals surface area (Å²) in [4.78, 5) is 40.7. The van der Waals surface area contributed by atoms with Gasteiger partial charge in [-0.05, 0) is 62.1 Å². The number of hydrogen-bond donors (Lipinski definition) is 2. The molecule has 2 N–H and O–H groups in total. The highest BCUT2D eigenvalue weighted by Crippen LogP contribution is 2.25. The van der Waals surface area contributed by atoms with Gasteiger partial charge in [0, 0.05) is 24.7 Å². The lowest BCUT2D eigenvalue weighted by molar-refractivity contribution is -0.124. The lowest BCUT2D eigenvalue weighted by atomic mass is 9.88. The summed E-state index contributed by atoms with van der Waals surface area (Å²) in [6.07, 6.45) is 3.37. The quantitative estimate of drug-likeness (QED) is 0.747. The fourth-order valence-electron chi connectivity index (χ4n) is 3.85. The maximum Gasteiger partial charge on any atom is 0.262 e. The summed E-state index contributed by atoms with van der Waals surface area (Å²) in [5.41, 5.74) is 1.81. The van der Waals surface area contributed by atoms with E-state index < -0.39 is 6.04 Å². The van der Waals surface area contributed by atoms with Gasteiger partial charge in [0.1, 0.15) is 6.04 Å². The number of hydrogen-bond acceptors (Lipinski definition) is 4. The molecule has 0 spiro atoms. The Labute approximate surface area is 180 Å². The molecule has 4 rings (SSSR count). The minimum atomic E-state index is -0.572. The van der Waals surface area contributed by atoms with E-state index in [9.17, 15) is 14.4 Å². The Balaban J connectivity index is 1.40. The van der Waals surface area contributed by atoms with Gasteiger partial charge in [-0.15, -0.1) is 11.3 Å². The first-order valence-corrected chi connectivity index (χ1v) is 11.4.